The molecule has 2 heterocycles. The summed E-state index contributed by atoms with van der Waals surface area (Å²) in [6, 6.07) is 11.2. The average molecular weight is 302 g/mol. The first kappa shape index (κ1) is 13.0. The highest BCUT2D eigenvalue weighted by Crippen LogP contribution is 2.50. The first-order valence-corrected chi connectivity index (χ1v) is 7.48. The van der Waals surface area contributed by atoms with Gasteiger partial charge in [-0.25, -0.2) is 0 Å². The highest BCUT2D eigenvalue weighted by atomic mass is 35.5. The lowest BCUT2D eigenvalue weighted by Crippen LogP contribution is -2.14. The van der Waals surface area contributed by atoms with Crippen LogP contribution in [0.1, 0.15) is 23.0 Å². The summed E-state index contributed by atoms with van der Waals surface area (Å²) in [6.07, 6.45) is 0. The number of aromatic hydroxyl groups is 1. The Labute approximate surface area is 128 Å². The zero-order valence-corrected chi connectivity index (χ0v) is 12.5. The lowest BCUT2D eigenvalue weighted by Gasteiger charge is -2.17. The second-order valence-electron chi connectivity index (χ2n) is 5.94. The fourth-order valence-corrected chi connectivity index (χ4v) is 3.75. The van der Waals surface area contributed by atoms with E-state index in [1.165, 1.54) is 0 Å². The molecule has 2 unspecified atom stereocenters. The molecule has 1 N–H and O–H groups in total. The predicted octanol–water partition coefficient (Wildman–Crippen LogP) is 3.96. The van der Waals surface area contributed by atoms with Crippen LogP contribution in [-0.2, 0) is 0 Å². The molecule has 0 spiro atoms. The SMILES string of the molecule is CN1CC2c3cc(O)ccc3Oc3ccc(Cl)cc3C2C1. The Morgan fingerprint density at radius 3 is 2.38 bits per heavy atom. The van der Waals surface area contributed by atoms with E-state index in [-0.39, 0.29) is 5.75 Å². The molecule has 21 heavy (non-hydrogen) atoms. The predicted molar refractivity (Wildman–Crippen MR) is 82.6 cm³/mol. The molecule has 108 valence electrons. The number of phenolic OH excluding ortho intramolecular Hbond substituents is 1. The van der Waals surface area contributed by atoms with Crippen LogP contribution >= 0.6 is 11.6 Å². The number of benzene rings is 2. The number of likely N-dealkylation sites (tertiary alicyclic amines) is 1. The average Bonchev–Trinajstić information content (AvgIpc) is 2.79. The van der Waals surface area contributed by atoms with E-state index in [0.29, 0.717) is 11.8 Å². The Bertz CT molecular complexity index is 656. The van der Waals surface area contributed by atoms with Gasteiger partial charge in [-0.2, -0.15) is 0 Å². The summed E-state index contributed by atoms with van der Waals surface area (Å²) in [4.78, 5) is 2.32. The Kier molecular flexibility index (Phi) is 2.88. The highest BCUT2D eigenvalue weighted by molar-refractivity contribution is 6.30. The standard InChI is InChI=1S/C17H16ClNO2/c1-19-8-14-12-6-10(18)2-4-16(12)21-17-5-3-11(20)7-13(17)15(14)9-19/h2-7,14-15,20H,8-9H2,1H3. The van der Waals surface area contributed by atoms with Crippen molar-refractivity contribution in [3.63, 3.8) is 0 Å². The molecule has 0 saturated carbocycles. The van der Waals surface area contributed by atoms with Crippen molar-refractivity contribution in [3.05, 3.63) is 52.5 Å². The molecule has 3 nitrogen and oxygen atoms in total. The van der Waals surface area contributed by atoms with Crippen LogP contribution in [0.15, 0.2) is 36.4 Å². The Morgan fingerprint density at radius 2 is 1.67 bits per heavy atom. The molecular formula is C17H16ClNO2. The number of hydrogen-bond donors (Lipinski definition) is 1. The topological polar surface area (TPSA) is 32.7 Å². The van der Waals surface area contributed by atoms with Gasteiger partial charge in [-0.15, -0.1) is 0 Å². The van der Waals surface area contributed by atoms with E-state index in [2.05, 4.69) is 11.9 Å². The highest BCUT2D eigenvalue weighted by Gasteiger charge is 2.38. The molecule has 0 aliphatic carbocycles. The van der Waals surface area contributed by atoms with Crippen LogP contribution in [-0.4, -0.2) is 30.1 Å². The van der Waals surface area contributed by atoms with Crippen LogP contribution in [0.2, 0.25) is 5.02 Å². The third-order valence-corrected chi connectivity index (χ3v) is 4.72. The number of likely N-dealkylation sites (N-methyl/N-ethyl adjacent to an activating group) is 1. The molecule has 4 rings (SSSR count). The fraction of sp³-hybridized carbons (Fsp3) is 0.294. The summed E-state index contributed by atoms with van der Waals surface area (Å²) in [5.41, 5.74) is 2.24. The number of rotatable bonds is 0. The third kappa shape index (κ3) is 2.08. The maximum atomic E-state index is 9.84. The van der Waals surface area contributed by atoms with Crippen molar-refractivity contribution >= 4 is 11.6 Å². The van der Waals surface area contributed by atoms with Gasteiger partial charge in [0.15, 0.2) is 0 Å². The molecule has 2 aromatic carbocycles. The molecule has 1 fully saturated rings. The lowest BCUT2D eigenvalue weighted by molar-refractivity contribution is 0.400. The maximum absolute atomic E-state index is 9.84. The van der Waals surface area contributed by atoms with Gasteiger partial charge < -0.3 is 14.7 Å². The fourth-order valence-electron chi connectivity index (χ4n) is 3.57. The van der Waals surface area contributed by atoms with Crippen LogP contribution in [0, 0.1) is 0 Å². The lowest BCUT2D eigenvalue weighted by atomic mass is 9.84. The van der Waals surface area contributed by atoms with Crippen molar-refractivity contribution in [1.82, 2.24) is 4.90 Å². The molecule has 4 heteroatoms. The van der Waals surface area contributed by atoms with Crippen molar-refractivity contribution in [2.24, 2.45) is 0 Å². The van der Waals surface area contributed by atoms with Gasteiger partial charge in [-0.3, -0.25) is 0 Å². The first-order chi connectivity index (χ1) is 10.1. The second-order valence-corrected chi connectivity index (χ2v) is 6.38. The molecule has 0 radical (unpaired) electrons. The van der Waals surface area contributed by atoms with Crippen molar-refractivity contribution in [1.29, 1.82) is 0 Å². The number of ether oxygens (including phenoxy) is 1. The molecule has 0 amide bonds. The van der Waals surface area contributed by atoms with Gasteiger partial charge in [0.05, 0.1) is 0 Å². The van der Waals surface area contributed by atoms with E-state index in [1.807, 2.05) is 30.3 Å². The minimum absolute atomic E-state index is 0.287. The van der Waals surface area contributed by atoms with Crippen molar-refractivity contribution in [3.8, 4) is 17.2 Å². The van der Waals surface area contributed by atoms with Gasteiger partial charge in [-0.1, -0.05) is 11.6 Å². The van der Waals surface area contributed by atoms with Crippen LogP contribution in [0.3, 0.4) is 0 Å². The van der Waals surface area contributed by atoms with Crippen LogP contribution < -0.4 is 4.74 Å². The Morgan fingerprint density at radius 1 is 1.05 bits per heavy atom. The van der Waals surface area contributed by atoms with Gasteiger partial charge in [-0.05, 0) is 43.4 Å². The zero-order chi connectivity index (χ0) is 14.6. The molecule has 2 aromatic rings. The van der Waals surface area contributed by atoms with Crippen molar-refractivity contribution < 1.29 is 9.84 Å². The van der Waals surface area contributed by atoms with E-state index in [4.69, 9.17) is 16.3 Å². The first-order valence-electron chi connectivity index (χ1n) is 7.10. The van der Waals surface area contributed by atoms with Gasteiger partial charge >= 0.3 is 0 Å². The molecule has 2 aliphatic heterocycles. The van der Waals surface area contributed by atoms with Gasteiger partial charge in [0.1, 0.15) is 17.2 Å². The van der Waals surface area contributed by atoms with Gasteiger partial charge in [0.25, 0.3) is 0 Å². The van der Waals surface area contributed by atoms with Crippen molar-refractivity contribution in [2.45, 2.75) is 11.8 Å². The Balaban J connectivity index is 1.93. The third-order valence-electron chi connectivity index (χ3n) is 4.49. The normalized spacial score (nSPS) is 23.7. The van der Waals surface area contributed by atoms with E-state index >= 15 is 0 Å². The Hall–Kier alpha value is -1.71. The van der Waals surface area contributed by atoms with E-state index < -0.39 is 0 Å². The zero-order valence-electron chi connectivity index (χ0n) is 11.7. The molecule has 0 aromatic heterocycles. The van der Waals surface area contributed by atoms with Crippen molar-refractivity contribution in [2.75, 3.05) is 20.1 Å². The smallest absolute Gasteiger partial charge is 0.131 e. The summed E-state index contributed by atoms with van der Waals surface area (Å²) in [7, 11) is 2.13. The minimum atomic E-state index is 0.287. The number of halogens is 1. The van der Waals surface area contributed by atoms with Crippen LogP contribution in [0.5, 0.6) is 17.2 Å². The molecule has 2 atom stereocenters. The van der Waals surface area contributed by atoms with E-state index in [0.717, 1.165) is 40.7 Å². The summed E-state index contributed by atoms with van der Waals surface area (Å²) in [5, 5.41) is 10.6. The van der Waals surface area contributed by atoms with Gasteiger partial charge in [0, 0.05) is 41.1 Å². The van der Waals surface area contributed by atoms with Crippen LogP contribution in [0.25, 0.3) is 0 Å². The van der Waals surface area contributed by atoms with E-state index in [9.17, 15) is 5.11 Å². The summed E-state index contributed by atoms with van der Waals surface area (Å²) in [5.74, 6) is 2.64. The number of phenols is 1. The van der Waals surface area contributed by atoms with Crippen LogP contribution in [0.4, 0.5) is 0 Å². The summed E-state index contributed by atoms with van der Waals surface area (Å²) < 4.78 is 6.10. The number of nitrogens with zero attached hydrogens (tertiary/aromatic N) is 1. The largest absolute Gasteiger partial charge is 0.508 e. The quantitative estimate of drug-likeness (QED) is 0.799. The molecule has 0 bridgehead atoms. The second kappa shape index (κ2) is 4.65. The molecule has 2 aliphatic rings. The molecule has 1 saturated heterocycles. The molecular weight excluding hydrogens is 286 g/mol. The van der Waals surface area contributed by atoms with E-state index in [1.54, 1.807) is 6.07 Å². The van der Waals surface area contributed by atoms with Gasteiger partial charge in [0.2, 0.25) is 0 Å². The number of hydrogen-bond acceptors (Lipinski definition) is 3. The summed E-state index contributed by atoms with van der Waals surface area (Å²) >= 11 is 6.18. The maximum Gasteiger partial charge on any atom is 0.131 e. The minimum Gasteiger partial charge on any atom is -0.508 e. The number of fused-ring (bicyclic) bond motifs is 5. The monoisotopic (exact) mass is 301 g/mol. The summed E-state index contributed by atoms with van der Waals surface area (Å²) in [6.45, 7) is 1.92.